The standard InChI is InChI=1S/C27H29FO/c1-3-19-6-12-25-18-24(14-13-23(25)16-19)22-10-7-20(8-11-22)4-5-21-9-15-27(29-2)26(28)17-21/h3,7-11,15,17,19,23-25H,1,6,12-14,16,18H2,2H3. The zero-order valence-electron chi connectivity index (χ0n) is 17.2. The van der Waals surface area contributed by atoms with Crippen molar-refractivity contribution < 1.29 is 9.13 Å². The van der Waals surface area contributed by atoms with Crippen LogP contribution in [0.15, 0.2) is 55.1 Å². The average molecular weight is 389 g/mol. The number of methoxy groups -OCH3 is 1. The Morgan fingerprint density at radius 1 is 0.931 bits per heavy atom. The molecular weight excluding hydrogens is 359 g/mol. The van der Waals surface area contributed by atoms with Gasteiger partial charge in [0.25, 0.3) is 0 Å². The number of rotatable bonds is 3. The first-order valence-electron chi connectivity index (χ1n) is 10.7. The number of allylic oxidation sites excluding steroid dienone is 1. The van der Waals surface area contributed by atoms with Crippen molar-refractivity contribution in [2.75, 3.05) is 7.11 Å². The summed E-state index contributed by atoms with van der Waals surface area (Å²) < 4.78 is 18.7. The molecule has 0 saturated heterocycles. The number of benzene rings is 2. The van der Waals surface area contributed by atoms with Gasteiger partial charge in [0.2, 0.25) is 0 Å². The zero-order valence-corrected chi connectivity index (χ0v) is 17.2. The summed E-state index contributed by atoms with van der Waals surface area (Å²) in [6.07, 6.45) is 10.2. The Morgan fingerprint density at radius 3 is 2.34 bits per heavy atom. The van der Waals surface area contributed by atoms with Crippen LogP contribution in [0.4, 0.5) is 4.39 Å². The third kappa shape index (κ3) is 4.56. The highest BCUT2D eigenvalue weighted by Gasteiger charge is 2.35. The molecule has 29 heavy (non-hydrogen) atoms. The second-order valence-corrected chi connectivity index (χ2v) is 8.56. The maximum absolute atomic E-state index is 13.8. The van der Waals surface area contributed by atoms with Crippen molar-refractivity contribution in [2.45, 2.75) is 44.4 Å². The molecule has 2 aromatic carbocycles. The minimum Gasteiger partial charge on any atom is -0.494 e. The van der Waals surface area contributed by atoms with Crippen molar-refractivity contribution in [2.24, 2.45) is 17.8 Å². The van der Waals surface area contributed by atoms with Gasteiger partial charge < -0.3 is 4.74 Å². The van der Waals surface area contributed by atoms with Crippen LogP contribution in [0.25, 0.3) is 0 Å². The van der Waals surface area contributed by atoms with Crippen molar-refractivity contribution in [3.63, 3.8) is 0 Å². The first-order chi connectivity index (χ1) is 14.2. The lowest BCUT2D eigenvalue weighted by Crippen LogP contribution is -2.29. The summed E-state index contributed by atoms with van der Waals surface area (Å²) in [6, 6.07) is 13.5. The lowest BCUT2D eigenvalue weighted by molar-refractivity contribution is 0.133. The van der Waals surface area contributed by atoms with Crippen molar-refractivity contribution in [3.8, 4) is 17.6 Å². The molecule has 0 N–H and O–H groups in total. The van der Waals surface area contributed by atoms with Gasteiger partial charge in [0.1, 0.15) is 0 Å². The van der Waals surface area contributed by atoms with E-state index >= 15 is 0 Å². The van der Waals surface area contributed by atoms with Gasteiger partial charge in [-0.1, -0.05) is 30.0 Å². The van der Waals surface area contributed by atoms with E-state index in [0.29, 0.717) is 11.5 Å². The first kappa shape index (κ1) is 19.8. The molecule has 1 nitrogen and oxygen atoms in total. The van der Waals surface area contributed by atoms with Crippen LogP contribution in [-0.4, -0.2) is 7.11 Å². The first-order valence-corrected chi connectivity index (χ1v) is 10.7. The van der Waals surface area contributed by atoms with E-state index in [-0.39, 0.29) is 11.6 Å². The Labute approximate surface area is 174 Å². The largest absolute Gasteiger partial charge is 0.494 e. The number of hydrogen-bond donors (Lipinski definition) is 0. The summed E-state index contributed by atoms with van der Waals surface area (Å²) in [6.45, 7) is 4.00. The topological polar surface area (TPSA) is 9.23 Å². The molecule has 0 heterocycles. The van der Waals surface area contributed by atoms with Gasteiger partial charge in [-0.05, 0) is 98.1 Å². The number of hydrogen-bond acceptors (Lipinski definition) is 1. The van der Waals surface area contributed by atoms with E-state index in [0.717, 1.165) is 23.3 Å². The van der Waals surface area contributed by atoms with Crippen LogP contribution in [0.5, 0.6) is 5.75 Å². The highest BCUT2D eigenvalue weighted by molar-refractivity contribution is 5.45. The molecule has 0 spiro atoms. The summed E-state index contributed by atoms with van der Waals surface area (Å²) in [4.78, 5) is 0. The second kappa shape index (κ2) is 8.87. The van der Waals surface area contributed by atoms with Gasteiger partial charge in [0.05, 0.1) is 7.11 Å². The van der Waals surface area contributed by atoms with Gasteiger partial charge in [-0.25, -0.2) is 4.39 Å². The lowest BCUT2D eigenvalue weighted by Gasteiger charge is -2.41. The predicted octanol–water partition coefficient (Wildman–Crippen LogP) is 6.72. The summed E-state index contributed by atoms with van der Waals surface area (Å²) in [7, 11) is 1.46. The second-order valence-electron chi connectivity index (χ2n) is 8.56. The van der Waals surface area contributed by atoms with E-state index in [1.807, 2.05) is 0 Å². The third-order valence-corrected chi connectivity index (χ3v) is 6.87. The van der Waals surface area contributed by atoms with Crippen molar-refractivity contribution in [3.05, 3.63) is 77.6 Å². The van der Waals surface area contributed by atoms with E-state index in [9.17, 15) is 4.39 Å². The monoisotopic (exact) mass is 388 g/mol. The smallest absolute Gasteiger partial charge is 0.166 e. The van der Waals surface area contributed by atoms with Crippen LogP contribution in [0.2, 0.25) is 0 Å². The van der Waals surface area contributed by atoms with Gasteiger partial charge in [-0.3, -0.25) is 0 Å². The Balaban J connectivity index is 1.40. The molecule has 0 aromatic heterocycles. The molecule has 2 fully saturated rings. The molecule has 0 bridgehead atoms. The molecule has 2 aliphatic carbocycles. The molecule has 2 saturated carbocycles. The molecule has 2 heteroatoms. The summed E-state index contributed by atoms with van der Waals surface area (Å²) in [5, 5.41) is 0. The van der Waals surface area contributed by atoms with Crippen LogP contribution in [0, 0.1) is 35.4 Å². The molecule has 0 amide bonds. The predicted molar refractivity (Wildman–Crippen MR) is 116 cm³/mol. The van der Waals surface area contributed by atoms with Crippen LogP contribution in [0.1, 0.15) is 61.1 Å². The van der Waals surface area contributed by atoms with Crippen LogP contribution in [-0.2, 0) is 0 Å². The fraction of sp³-hybridized carbons (Fsp3) is 0.407. The van der Waals surface area contributed by atoms with E-state index in [4.69, 9.17) is 4.74 Å². The molecule has 0 radical (unpaired) electrons. The fourth-order valence-corrected chi connectivity index (χ4v) is 5.17. The van der Waals surface area contributed by atoms with Gasteiger partial charge in [-0.15, -0.1) is 6.58 Å². The molecular formula is C27H29FO. The average Bonchev–Trinajstić information content (AvgIpc) is 2.77. The molecule has 2 aliphatic rings. The zero-order chi connectivity index (χ0) is 20.2. The van der Waals surface area contributed by atoms with Gasteiger partial charge in [-0.2, -0.15) is 0 Å². The maximum atomic E-state index is 13.8. The van der Waals surface area contributed by atoms with E-state index in [2.05, 4.69) is 48.8 Å². The maximum Gasteiger partial charge on any atom is 0.166 e. The quantitative estimate of drug-likeness (QED) is 0.419. The minimum atomic E-state index is -0.382. The summed E-state index contributed by atoms with van der Waals surface area (Å²) in [5.41, 5.74) is 3.06. The van der Waals surface area contributed by atoms with Crippen molar-refractivity contribution in [1.29, 1.82) is 0 Å². The summed E-state index contributed by atoms with van der Waals surface area (Å²) >= 11 is 0. The fourth-order valence-electron chi connectivity index (χ4n) is 5.17. The Bertz CT molecular complexity index is 918. The van der Waals surface area contributed by atoms with Crippen molar-refractivity contribution >= 4 is 0 Å². The normalized spacial score (nSPS) is 26.0. The molecule has 150 valence electrons. The molecule has 4 unspecified atom stereocenters. The summed E-state index contributed by atoms with van der Waals surface area (Å²) in [5.74, 6) is 9.25. The SMILES string of the molecule is C=CC1CCC2CC(c3ccc(C#Cc4ccc(OC)c(F)c4)cc3)CCC2C1. The van der Waals surface area contributed by atoms with E-state index in [1.165, 1.54) is 57.3 Å². The Hall–Kier alpha value is -2.53. The van der Waals surface area contributed by atoms with Gasteiger partial charge in [0, 0.05) is 11.1 Å². The minimum absolute atomic E-state index is 0.243. The highest BCUT2D eigenvalue weighted by Crippen LogP contribution is 2.47. The lowest BCUT2D eigenvalue weighted by atomic mass is 9.64. The Morgan fingerprint density at radius 2 is 1.62 bits per heavy atom. The Kier molecular flexibility index (Phi) is 6.05. The third-order valence-electron chi connectivity index (χ3n) is 6.87. The molecule has 0 aliphatic heterocycles. The highest BCUT2D eigenvalue weighted by atomic mass is 19.1. The molecule has 4 rings (SSSR count). The number of halogens is 1. The van der Waals surface area contributed by atoms with Crippen molar-refractivity contribution in [1.82, 2.24) is 0 Å². The van der Waals surface area contributed by atoms with E-state index in [1.54, 1.807) is 12.1 Å². The van der Waals surface area contributed by atoms with Gasteiger partial charge in [0.15, 0.2) is 11.6 Å². The van der Waals surface area contributed by atoms with Gasteiger partial charge >= 0.3 is 0 Å². The van der Waals surface area contributed by atoms with Crippen LogP contribution >= 0.6 is 0 Å². The van der Waals surface area contributed by atoms with Crippen LogP contribution < -0.4 is 4.74 Å². The molecule has 4 atom stereocenters. The van der Waals surface area contributed by atoms with Crippen LogP contribution in [0.3, 0.4) is 0 Å². The number of ether oxygens (including phenoxy) is 1. The van der Waals surface area contributed by atoms with E-state index < -0.39 is 0 Å². The molecule has 2 aromatic rings. The number of fused-ring (bicyclic) bond motifs is 1.